The van der Waals surface area contributed by atoms with Gasteiger partial charge in [-0.2, -0.15) is 0 Å². The van der Waals surface area contributed by atoms with E-state index in [4.69, 9.17) is 5.73 Å². The van der Waals surface area contributed by atoms with Crippen molar-refractivity contribution in [2.45, 2.75) is 64.3 Å². The molecule has 0 saturated heterocycles. The molecule has 1 nitrogen and oxygen atoms in total. The molecule has 15 heavy (non-hydrogen) atoms. The van der Waals surface area contributed by atoms with Crippen molar-refractivity contribution in [2.24, 2.45) is 22.5 Å². The quantitative estimate of drug-likeness (QED) is 0.732. The molecule has 4 unspecified atom stereocenters. The van der Waals surface area contributed by atoms with Crippen LogP contribution in [0.2, 0.25) is 0 Å². The van der Waals surface area contributed by atoms with Crippen LogP contribution >= 0.6 is 12.4 Å². The van der Waals surface area contributed by atoms with Crippen molar-refractivity contribution in [3.8, 4) is 0 Å². The van der Waals surface area contributed by atoms with Crippen molar-refractivity contribution in [1.29, 1.82) is 0 Å². The predicted molar refractivity (Wildman–Crippen MR) is 66.2 cm³/mol. The average molecular weight is 230 g/mol. The fourth-order valence-electron chi connectivity index (χ4n) is 5.62. The molecule has 4 fully saturated rings. The first-order valence-corrected chi connectivity index (χ1v) is 6.26. The van der Waals surface area contributed by atoms with Crippen LogP contribution in [-0.4, -0.2) is 5.54 Å². The molecule has 4 saturated carbocycles. The lowest BCUT2D eigenvalue weighted by atomic mass is 9.42. The summed E-state index contributed by atoms with van der Waals surface area (Å²) >= 11 is 0. The summed E-state index contributed by atoms with van der Waals surface area (Å²) in [6.07, 6.45) is 9.72. The second-order valence-electron chi connectivity index (χ2n) is 7.04. The van der Waals surface area contributed by atoms with Gasteiger partial charge in [-0.15, -0.1) is 12.4 Å². The number of halogens is 1. The summed E-state index contributed by atoms with van der Waals surface area (Å²) < 4.78 is 0. The third kappa shape index (κ3) is 1.63. The topological polar surface area (TPSA) is 26.0 Å². The highest BCUT2D eigenvalue weighted by molar-refractivity contribution is 5.85. The molecule has 4 rings (SSSR count). The molecule has 2 heteroatoms. The van der Waals surface area contributed by atoms with Gasteiger partial charge in [0.25, 0.3) is 0 Å². The van der Waals surface area contributed by atoms with E-state index in [0.717, 1.165) is 5.92 Å². The van der Waals surface area contributed by atoms with Gasteiger partial charge in [0.2, 0.25) is 0 Å². The average Bonchev–Trinajstić information content (AvgIpc) is 1.97. The lowest BCUT2D eigenvalue weighted by Crippen LogP contribution is -2.62. The Hall–Kier alpha value is 0.250. The molecular formula is C13H24ClN. The molecule has 4 atom stereocenters. The lowest BCUT2D eigenvalue weighted by Gasteiger charge is -2.65. The van der Waals surface area contributed by atoms with Crippen LogP contribution in [0.25, 0.3) is 0 Å². The molecule has 0 aromatic heterocycles. The van der Waals surface area contributed by atoms with Crippen LogP contribution in [0.1, 0.15) is 58.8 Å². The summed E-state index contributed by atoms with van der Waals surface area (Å²) in [7, 11) is 0. The Labute approximate surface area is 99.6 Å². The van der Waals surface area contributed by atoms with E-state index in [1.54, 1.807) is 0 Å². The van der Waals surface area contributed by atoms with Gasteiger partial charge >= 0.3 is 0 Å². The molecular weight excluding hydrogens is 206 g/mol. The maximum absolute atomic E-state index is 6.57. The molecule has 88 valence electrons. The number of hydrogen-bond acceptors (Lipinski definition) is 1. The van der Waals surface area contributed by atoms with Crippen LogP contribution in [0, 0.1) is 16.7 Å². The smallest absolute Gasteiger partial charge is 0.0167 e. The molecule has 2 N–H and O–H groups in total. The zero-order valence-electron chi connectivity index (χ0n) is 10.0. The SMILES string of the molecule is CCC12CC3CC(C)(CC(N)(C3)C1)C2.Cl. The Kier molecular flexibility index (Phi) is 2.45. The van der Waals surface area contributed by atoms with Crippen molar-refractivity contribution in [1.82, 2.24) is 0 Å². The molecule has 0 aromatic carbocycles. The van der Waals surface area contributed by atoms with Gasteiger partial charge in [0.1, 0.15) is 0 Å². The van der Waals surface area contributed by atoms with Crippen LogP contribution in [0.4, 0.5) is 0 Å². The Bertz CT molecular complexity index is 258. The van der Waals surface area contributed by atoms with E-state index in [2.05, 4.69) is 13.8 Å². The summed E-state index contributed by atoms with van der Waals surface area (Å²) in [6.45, 7) is 4.86. The molecule has 0 radical (unpaired) electrons. The van der Waals surface area contributed by atoms with Gasteiger partial charge in [-0.1, -0.05) is 20.3 Å². The van der Waals surface area contributed by atoms with Crippen LogP contribution in [-0.2, 0) is 0 Å². The highest BCUT2D eigenvalue weighted by atomic mass is 35.5. The van der Waals surface area contributed by atoms with Gasteiger partial charge in [-0.25, -0.2) is 0 Å². The largest absolute Gasteiger partial charge is 0.325 e. The zero-order chi connectivity index (χ0) is 10.0. The number of rotatable bonds is 1. The van der Waals surface area contributed by atoms with E-state index in [9.17, 15) is 0 Å². The van der Waals surface area contributed by atoms with Crippen molar-refractivity contribution in [3.05, 3.63) is 0 Å². The molecule has 4 aliphatic carbocycles. The summed E-state index contributed by atoms with van der Waals surface area (Å²) in [5.74, 6) is 0.959. The zero-order valence-corrected chi connectivity index (χ0v) is 10.8. The first-order chi connectivity index (χ1) is 6.47. The molecule has 0 aromatic rings. The summed E-state index contributed by atoms with van der Waals surface area (Å²) in [5, 5.41) is 0. The van der Waals surface area contributed by atoms with E-state index in [-0.39, 0.29) is 17.9 Å². The Morgan fingerprint density at radius 2 is 1.87 bits per heavy atom. The van der Waals surface area contributed by atoms with Crippen LogP contribution < -0.4 is 5.73 Å². The summed E-state index contributed by atoms with van der Waals surface area (Å²) in [4.78, 5) is 0. The monoisotopic (exact) mass is 229 g/mol. The first kappa shape index (κ1) is 11.7. The normalized spacial score (nSPS) is 56.6. The highest BCUT2D eigenvalue weighted by Crippen LogP contribution is 2.66. The van der Waals surface area contributed by atoms with Gasteiger partial charge in [0.15, 0.2) is 0 Å². The number of hydrogen-bond donors (Lipinski definition) is 1. The fraction of sp³-hybridized carbons (Fsp3) is 1.00. The predicted octanol–water partition coefficient (Wildman–Crippen LogP) is 3.51. The second-order valence-corrected chi connectivity index (χ2v) is 7.04. The summed E-state index contributed by atoms with van der Waals surface area (Å²) in [6, 6.07) is 0. The fourth-order valence-corrected chi connectivity index (χ4v) is 5.62. The third-order valence-electron chi connectivity index (χ3n) is 5.26. The molecule has 0 heterocycles. The van der Waals surface area contributed by atoms with Crippen molar-refractivity contribution in [2.75, 3.05) is 0 Å². The van der Waals surface area contributed by atoms with E-state index < -0.39 is 0 Å². The Balaban J connectivity index is 0.000000853. The van der Waals surface area contributed by atoms with Crippen molar-refractivity contribution >= 4 is 12.4 Å². The minimum Gasteiger partial charge on any atom is -0.325 e. The van der Waals surface area contributed by atoms with Gasteiger partial charge in [-0.05, 0) is 55.3 Å². The molecule has 0 amide bonds. The minimum atomic E-state index is 0. The van der Waals surface area contributed by atoms with Crippen molar-refractivity contribution in [3.63, 3.8) is 0 Å². The van der Waals surface area contributed by atoms with Gasteiger partial charge in [0.05, 0.1) is 0 Å². The van der Waals surface area contributed by atoms with E-state index in [1.165, 1.54) is 44.9 Å². The van der Waals surface area contributed by atoms with E-state index in [0.29, 0.717) is 10.8 Å². The van der Waals surface area contributed by atoms with E-state index in [1.807, 2.05) is 0 Å². The number of nitrogens with two attached hydrogens (primary N) is 1. The van der Waals surface area contributed by atoms with Crippen LogP contribution in [0.15, 0.2) is 0 Å². The minimum absolute atomic E-state index is 0. The highest BCUT2D eigenvalue weighted by Gasteiger charge is 2.59. The maximum Gasteiger partial charge on any atom is 0.0167 e. The first-order valence-electron chi connectivity index (χ1n) is 6.26. The molecule has 0 spiro atoms. The Morgan fingerprint density at radius 3 is 2.40 bits per heavy atom. The van der Waals surface area contributed by atoms with Crippen molar-refractivity contribution < 1.29 is 0 Å². The lowest BCUT2D eigenvalue weighted by molar-refractivity contribution is -0.115. The van der Waals surface area contributed by atoms with Crippen LogP contribution in [0.3, 0.4) is 0 Å². The van der Waals surface area contributed by atoms with Crippen LogP contribution in [0.5, 0.6) is 0 Å². The van der Waals surface area contributed by atoms with Gasteiger partial charge in [-0.3, -0.25) is 0 Å². The standard InChI is InChI=1S/C13H23N.ClH/c1-3-12-5-10-4-11(2,7-12)8-13(14,6-10)9-12;/h10H,3-9,14H2,1-2H3;1H. The molecule has 4 aliphatic rings. The Morgan fingerprint density at radius 1 is 1.13 bits per heavy atom. The van der Waals surface area contributed by atoms with Gasteiger partial charge < -0.3 is 5.73 Å². The summed E-state index contributed by atoms with van der Waals surface area (Å²) in [5.41, 5.74) is 8.04. The maximum atomic E-state index is 6.57. The molecule has 4 bridgehead atoms. The van der Waals surface area contributed by atoms with E-state index >= 15 is 0 Å². The second kappa shape index (κ2) is 3.13. The van der Waals surface area contributed by atoms with Gasteiger partial charge in [0, 0.05) is 5.54 Å². The third-order valence-corrected chi connectivity index (χ3v) is 5.26. The molecule has 0 aliphatic heterocycles.